The van der Waals surface area contributed by atoms with Crippen LogP contribution < -0.4 is 5.73 Å². The van der Waals surface area contributed by atoms with Crippen molar-refractivity contribution in [1.29, 1.82) is 0 Å². The van der Waals surface area contributed by atoms with Crippen LogP contribution in [0.4, 0.5) is 10.5 Å². The van der Waals surface area contributed by atoms with Crippen molar-refractivity contribution in [2.75, 3.05) is 12.3 Å². The zero-order chi connectivity index (χ0) is 13.5. The number of benzene rings is 1. The summed E-state index contributed by atoms with van der Waals surface area (Å²) in [7, 11) is 0. The normalized spacial score (nSPS) is 10.4. The van der Waals surface area contributed by atoms with Gasteiger partial charge in [-0.1, -0.05) is 19.1 Å². The minimum absolute atomic E-state index is 0.0994. The number of hydrogen-bond donors (Lipinski definition) is 1. The summed E-state index contributed by atoms with van der Waals surface area (Å²) in [5.74, 6) is 0. The molecule has 0 aliphatic heterocycles. The standard InChI is InChI=1S/C14H22N2O2/c1-4-8-16(14(17)18-11(2)3)10-12-6-5-7-13(15)9-12/h5-7,9,11H,4,8,10,15H2,1-3H3. The zero-order valence-electron chi connectivity index (χ0n) is 11.3. The molecule has 0 radical (unpaired) electrons. The largest absolute Gasteiger partial charge is 0.447 e. The first-order valence-corrected chi connectivity index (χ1v) is 6.33. The van der Waals surface area contributed by atoms with E-state index in [1.807, 2.05) is 45.0 Å². The summed E-state index contributed by atoms with van der Waals surface area (Å²) in [5, 5.41) is 0. The number of nitrogen functional groups attached to an aromatic ring is 1. The van der Waals surface area contributed by atoms with Crippen molar-refractivity contribution in [2.24, 2.45) is 0 Å². The van der Waals surface area contributed by atoms with Gasteiger partial charge in [-0.05, 0) is 38.0 Å². The Morgan fingerprint density at radius 2 is 2.17 bits per heavy atom. The van der Waals surface area contributed by atoms with Crippen LogP contribution in [0.15, 0.2) is 24.3 Å². The Labute approximate surface area is 109 Å². The van der Waals surface area contributed by atoms with Crippen molar-refractivity contribution in [2.45, 2.75) is 39.8 Å². The average Bonchev–Trinajstić information content (AvgIpc) is 2.27. The quantitative estimate of drug-likeness (QED) is 0.817. The van der Waals surface area contributed by atoms with E-state index in [1.165, 1.54) is 0 Å². The molecule has 0 unspecified atom stereocenters. The topological polar surface area (TPSA) is 55.6 Å². The highest BCUT2D eigenvalue weighted by Gasteiger charge is 2.15. The van der Waals surface area contributed by atoms with Gasteiger partial charge in [-0.3, -0.25) is 0 Å². The zero-order valence-corrected chi connectivity index (χ0v) is 11.3. The minimum Gasteiger partial charge on any atom is -0.447 e. The molecule has 0 spiro atoms. The summed E-state index contributed by atoms with van der Waals surface area (Å²) in [6.45, 7) is 6.95. The lowest BCUT2D eigenvalue weighted by Gasteiger charge is -2.23. The van der Waals surface area contributed by atoms with Gasteiger partial charge in [-0.15, -0.1) is 0 Å². The van der Waals surface area contributed by atoms with Gasteiger partial charge in [-0.2, -0.15) is 0 Å². The van der Waals surface area contributed by atoms with Crippen LogP contribution in [0.25, 0.3) is 0 Å². The number of amides is 1. The van der Waals surface area contributed by atoms with Crippen molar-refractivity contribution in [3.8, 4) is 0 Å². The van der Waals surface area contributed by atoms with Crippen LogP contribution in [-0.2, 0) is 11.3 Å². The lowest BCUT2D eigenvalue weighted by atomic mass is 10.2. The molecule has 1 aromatic rings. The maximum Gasteiger partial charge on any atom is 0.410 e. The summed E-state index contributed by atoms with van der Waals surface area (Å²) in [5.41, 5.74) is 7.46. The number of rotatable bonds is 5. The highest BCUT2D eigenvalue weighted by molar-refractivity contribution is 5.67. The van der Waals surface area contributed by atoms with E-state index in [9.17, 15) is 4.79 Å². The molecule has 0 saturated heterocycles. The second-order valence-electron chi connectivity index (χ2n) is 4.60. The Morgan fingerprint density at radius 1 is 1.44 bits per heavy atom. The Bertz CT molecular complexity index is 391. The monoisotopic (exact) mass is 250 g/mol. The van der Waals surface area contributed by atoms with Crippen LogP contribution in [0.1, 0.15) is 32.8 Å². The lowest BCUT2D eigenvalue weighted by molar-refractivity contribution is 0.0745. The molecule has 100 valence electrons. The minimum atomic E-state index is -0.269. The second kappa shape index (κ2) is 6.89. The molecule has 0 aliphatic rings. The first-order chi connectivity index (χ1) is 8.52. The number of ether oxygens (including phenoxy) is 1. The van der Waals surface area contributed by atoms with Crippen LogP contribution >= 0.6 is 0 Å². The summed E-state index contributed by atoms with van der Waals surface area (Å²) < 4.78 is 5.22. The third-order valence-corrected chi connectivity index (χ3v) is 2.41. The van der Waals surface area contributed by atoms with Gasteiger partial charge < -0.3 is 15.4 Å². The fraction of sp³-hybridized carbons (Fsp3) is 0.500. The molecule has 0 atom stereocenters. The fourth-order valence-electron chi connectivity index (χ4n) is 1.69. The maximum absolute atomic E-state index is 11.9. The van der Waals surface area contributed by atoms with Crippen LogP contribution in [0.3, 0.4) is 0 Å². The van der Waals surface area contributed by atoms with Gasteiger partial charge in [0.1, 0.15) is 0 Å². The molecule has 0 saturated carbocycles. The summed E-state index contributed by atoms with van der Waals surface area (Å²) in [4.78, 5) is 13.6. The third-order valence-electron chi connectivity index (χ3n) is 2.41. The van der Waals surface area contributed by atoms with Gasteiger partial charge >= 0.3 is 6.09 Å². The van der Waals surface area contributed by atoms with E-state index in [0.717, 1.165) is 12.0 Å². The first kappa shape index (κ1) is 14.4. The van der Waals surface area contributed by atoms with Crippen molar-refractivity contribution in [1.82, 2.24) is 4.90 Å². The number of nitrogens with two attached hydrogens (primary N) is 1. The van der Waals surface area contributed by atoms with E-state index in [0.29, 0.717) is 18.8 Å². The molecule has 0 bridgehead atoms. The second-order valence-corrected chi connectivity index (χ2v) is 4.60. The van der Waals surface area contributed by atoms with Gasteiger partial charge in [0.15, 0.2) is 0 Å². The summed E-state index contributed by atoms with van der Waals surface area (Å²) in [6, 6.07) is 7.57. The molecule has 4 nitrogen and oxygen atoms in total. The SMILES string of the molecule is CCCN(Cc1cccc(N)c1)C(=O)OC(C)C. The molecular weight excluding hydrogens is 228 g/mol. The molecule has 2 N–H and O–H groups in total. The van der Waals surface area contributed by atoms with E-state index in [-0.39, 0.29) is 12.2 Å². The molecule has 1 rings (SSSR count). The smallest absolute Gasteiger partial charge is 0.410 e. The van der Waals surface area contributed by atoms with E-state index in [2.05, 4.69) is 0 Å². The van der Waals surface area contributed by atoms with E-state index in [4.69, 9.17) is 10.5 Å². The lowest BCUT2D eigenvalue weighted by Crippen LogP contribution is -2.33. The van der Waals surface area contributed by atoms with Crippen LogP contribution in [0.2, 0.25) is 0 Å². The molecule has 4 heteroatoms. The maximum atomic E-state index is 11.9. The first-order valence-electron chi connectivity index (χ1n) is 6.33. The van der Waals surface area contributed by atoms with Gasteiger partial charge in [0.2, 0.25) is 0 Å². The van der Waals surface area contributed by atoms with Gasteiger partial charge in [-0.25, -0.2) is 4.79 Å². The Kier molecular flexibility index (Phi) is 5.49. The average molecular weight is 250 g/mol. The highest BCUT2D eigenvalue weighted by Crippen LogP contribution is 2.11. The highest BCUT2D eigenvalue weighted by atomic mass is 16.6. The number of carbonyl (C=O) groups excluding carboxylic acids is 1. The van der Waals surface area contributed by atoms with Crippen molar-refractivity contribution >= 4 is 11.8 Å². The van der Waals surface area contributed by atoms with Crippen molar-refractivity contribution in [3.63, 3.8) is 0 Å². The predicted octanol–water partition coefficient (Wildman–Crippen LogP) is 3.03. The third kappa shape index (κ3) is 4.65. The molecule has 0 aliphatic carbocycles. The Morgan fingerprint density at radius 3 is 2.72 bits per heavy atom. The summed E-state index contributed by atoms with van der Waals surface area (Å²) in [6.07, 6.45) is 0.530. The molecule has 1 aromatic carbocycles. The van der Waals surface area contributed by atoms with Crippen LogP contribution in [-0.4, -0.2) is 23.6 Å². The van der Waals surface area contributed by atoms with E-state index < -0.39 is 0 Å². The molecule has 0 aromatic heterocycles. The van der Waals surface area contributed by atoms with Crippen molar-refractivity contribution in [3.05, 3.63) is 29.8 Å². The molecule has 0 heterocycles. The summed E-state index contributed by atoms with van der Waals surface area (Å²) >= 11 is 0. The van der Waals surface area contributed by atoms with Gasteiger partial charge in [0.25, 0.3) is 0 Å². The Balaban J connectivity index is 2.70. The van der Waals surface area contributed by atoms with Gasteiger partial charge in [0.05, 0.1) is 6.10 Å². The predicted molar refractivity (Wildman–Crippen MR) is 73.2 cm³/mol. The molecule has 0 fully saturated rings. The Hall–Kier alpha value is -1.71. The number of hydrogen-bond acceptors (Lipinski definition) is 3. The van der Waals surface area contributed by atoms with Crippen molar-refractivity contribution < 1.29 is 9.53 Å². The number of carbonyl (C=O) groups is 1. The molecular formula is C14H22N2O2. The van der Waals surface area contributed by atoms with Gasteiger partial charge in [0, 0.05) is 18.8 Å². The molecule has 1 amide bonds. The van der Waals surface area contributed by atoms with Crippen LogP contribution in [0.5, 0.6) is 0 Å². The van der Waals surface area contributed by atoms with Crippen LogP contribution in [0, 0.1) is 0 Å². The molecule has 18 heavy (non-hydrogen) atoms. The fourth-order valence-corrected chi connectivity index (χ4v) is 1.69. The van der Waals surface area contributed by atoms with E-state index >= 15 is 0 Å². The number of nitrogens with zero attached hydrogens (tertiary/aromatic N) is 1. The van der Waals surface area contributed by atoms with E-state index in [1.54, 1.807) is 4.90 Å². The number of anilines is 1.